The summed E-state index contributed by atoms with van der Waals surface area (Å²) in [5.41, 5.74) is -1.98. The lowest BCUT2D eigenvalue weighted by Crippen LogP contribution is -2.29. The fourth-order valence-electron chi connectivity index (χ4n) is 2.51. The van der Waals surface area contributed by atoms with Gasteiger partial charge >= 0.3 is 5.97 Å². The first-order chi connectivity index (χ1) is 9.97. The summed E-state index contributed by atoms with van der Waals surface area (Å²) in [5.74, 6) is -7.95. The van der Waals surface area contributed by atoms with Gasteiger partial charge in [-0.1, -0.05) is 0 Å². The maximum atomic E-state index is 13.9. The second-order valence-corrected chi connectivity index (χ2v) is 5.00. The van der Waals surface area contributed by atoms with Crippen LogP contribution in [-0.4, -0.2) is 26.2 Å². The van der Waals surface area contributed by atoms with Crippen molar-refractivity contribution in [3.05, 3.63) is 34.4 Å². The average molecular weight is 305 g/mol. The highest BCUT2D eigenvalue weighted by atomic mass is 19.2. The number of carbonyl (C=O) groups is 1. The molecular formula is C14H15F4NO2. The van der Waals surface area contributed by atoms with E-state index >= 15 is 0 Å². The van der Waals surface area contributed by atoms with Crippen LogP contribution in [-0.2, 0) is 11.2 Å². The third-order valence-electron chi connectivity index (χ3n) is 3.70. The highest BCUT2D eigenvalue weighted by Gasteiger charge is 2.31. The molecule has 1 aromatic carbocycles. The minimum Gasteiger partial charge on any atom is -0.465 e. The Morgan fingerprint density at radius 1 is 1.10 bits per heavy atom. The first-order valence-corrected chi connectivity index (χ1v) is 6.61. The van der Waals surface area contributed by atoms with Crippen molar-refractivity contribution in [2.45, 2.75) is 19.3 Å². The average Bonchev–Trinajstić information content (AvgIpc) is 2.50. The molecule has 7 heteroatoms. The number of piperidine rings is 1. The van der Waals surface area contributed by atoms with E-state index in [9.17, 15) is 22.4 Å². The maximum absolute atomic E-state index is 13.9. The van der Waals surface area contributed by atoms with Gasteiger partial charge in [0.1, 0.15) is 5.56 Å². The van der Waals surface area contributed by atoms with Gasteiger partial charge in [-0.15, -0.1) is 0 Å². The molecule has 1 aliphatic heterocycles. The first-order valence-electron chi connectivity index (χ1n) is 6.61. The number of rotatable bonds is 3. The van der Waals surface area contributed by atoms with Crippen molar-refractivity contribution in [3.8, 4) is 0 Å². The molecule has 1 heterocycles. The molecule has 0 unspecified atom stereocenters. The van der Waals surface area contributed by atoms with Gasteiger partial charge in [0.2, 0.25) is 0 Å². The molecule has 0 radical (unpaired) electrons. The molecule has 2 rings (SSSR count). The Hall–Kier alpha value is -1.63. The van der Waals surface area contributed by atoms with Crippen LogP contribution in [0.5, 0.6) is 0 Å². The molecule has 116 valence electrons. The lowest BCUT2D eigenvalue weighted by Gasteiger charge is -2.23. The SMILES string of the molecule is COC(=O)c1c(F)c(F)c(CC2CCNCC2)c(F)c1F. The minimum atomic E-state index is -1.70. The van der Waals surface area contributed by atoms with Crippen molar-refractivity contribution in [1.82, 2.24) is 5.32 Å². The van der Waals surface area contributed by atoms with Gasteiger partial charge in [0.15, 0.2) is 23.3 Å². The van der Waals surface area contributed by atoms with E-state index in [2.05, 4.69) is 10.1 Å². The first kappa shape index (κ1) is 15.8. The minimum absolute atomic E-state index is 0.0574. The Kier molecular flexibility index (Phi) is 4.82. The molecule has 0 amide bonds. The largest absolute Gasteiger partial charge is 0.465 e. The molecule has 0 saturated carbocycles. The van der Waals surface area contributed by atoms with Gasteiger partial charge in [0.25, 0.3) is 0 Å². The second kappa shape index (κ2) is 6.43. The topological polar surface area (TPSA) is 38.3 Å². The third kappa shape index (κ3) is 3.02. The molecular weight excluding hydrogens is 290 g/mol. The van der Waals surface area contributed by atoms with E-state index in [1.807, 2.05) is 0 Å². The third-order valence-corrected chi connectivity index (χ3v) is 3.70. The zero-order valence-corrected chi connectivity index (χ0v) is 11.4. The molecule has 1 fully saturated rings. The smallest absolute Gasteiger partial charge is 0.344 e. The number of nitrogens with one attached hydrogen (secondary N) is 1. The number of methoxy groups -OCH3 is 1. The molecule has 0 aromatic heterocycles. The molecule has 1 saturated heterocycles. The summed E-state index contributed by atoms with van der Waals surface area (Å²) in [6.07, 6.45) is 1.23. The molecule has 3 nitrogen and oxygen atoms in total. The molecule has 1 N–H and O–H groups in total. The van der Waals surface area contributed by atoms with Crippen LogP contribution in [0.25, 0.3) is 0 Å². The van der Waals surface area contributed by atoms with Crippen molar-refractivity contribution in [1.29, 1.82) is 0 Å². The van der Waals surface area contributed by atoms with E-state index in [4.69, 9.17) is 0 Å². The summed E-state index contributed by atoms with van der Waals surface area (Å²) < 4.78 is 59.6. The fraction of sp³-hybridized carbons (Fsp3) is 0.500. The number of hydrogen-bond acceptors (Lipinski definition) is 3. The van der Waals surface area contributed by atoms with Crippen molar-refractivity contribution in [2.24, 2.45) is 5.92 Å². The van der Waals surface area contributed by atoms with E-state index in [0.717, 1.165) is 7.11 Å². The Morgan fingerprint density at radius 3 is 2.10 bits per heavy atom. The predicted octanol–water partition coefficient (Wildman–Crippen LogP) is 2.57. The van der Waals surface area contributed by atoms with Crippen molar-refractivity contribution in [3.63, 3.8) is 0 Å². The van der Waals surface area contributed by atoms with Crippen molar-refractivity contribution in [2.75, 3.05) is 20.2 Å². The van der Waals surface area contributed by atoms with E-state index in [1.165, 1.54) is 0 Å². The Bertz CT molecular complexity index is 527. The van der Waals surface area contributed by atoms with E-state index in [0.29, 0.717) is 25.9 Å². The zero-order chi connectivity index (χ0) is 15.6. The fourth-order valence-corrected chi connectivity index (χ4v) is 2.51. The molecule has 21 heavy (non-hydrogen) atoms. The molecule has 0 spiro atoms. The highest BCUT2D eigenvalue weighted by molar-refractivity contribution is 5.90. The Balaban J connectivity index is 2.40. The summed E-state index contributed by atoms with van der Waals surface area (Å²) in [6, 6.07) is 0. The quantitative estimate of drug-likeness (QED) is 0.530. The predicted molar refractivity (Wildman–Crippen MR) is 66.9 cm³/mol. The molecule has 0 atom stereocenters. The second-order valence-electron chi connectivity index (χ2n) is 5.00. The highest BCUT2D eigenvalue weighted by Crippen LogP contribution is 2.28. The normalized spacial score (nSPS) is 16.0. The number of esters is 1. The Morgan fingerprint density at radius 2 is 1.62 bits per heavy atom. The van der Waals surface area contributed by atoms with Crippen LogP contribution >= 0.6 is 0 Å². The van der Waals surface area contributed by atoms with E-state index < -0.39 is 40.4 Å². The number of carbonyl (C=O) groups excluding carboxylic acids is 1. The number of hydrogen-bond donors (Lipinski definition) is 1. The summed E-state index contributed by atoms with van der Waals surface area (Å²) in [4.78, 5) is 11.2. The van der Waals surface area contributed by atoms with Gasteiger partial charge in [0.05, 0.1) is 7.11 Å². The Labute approximate surface area is 119 Å². The lowest BCUT2D eigenvalue weighted by atomic mass is 9.90. The van der Waals surface area contributed by atoms with E-state index in [1.54, 1.807) is 0 Å². The summed E-state index contributed by atoms with van der Waals surface area (Å²) in [7, 11) is 0.875. The standard InChI is InChI=1S/C14H15F4NO2/c1-21-14(20)9-12(17)10(15)8(11(16)13(9)18)6-7-2-4-19-5-3-7/h7,19H,2-6H2,1H3. The van der Waals surface area contributed by atoms with Crippen molar-refractivity contribution < 1.29 is 27.1 Å². The van der Waals surface area contributed by atoms with Gasteiger partial charge in [-0.25, -0.2) is 22.4 Å². The van der Waals surface area contributed by atoms with Crippen molar-refractivity contribution >= 4 is 5.97 Å². The number of halogens is 4. The molecule has 0 bridgehead atoms. The zero-order valence-electron chi connectivity index (χ0n) is 11.4. The van der Waals surface area contributed by atoms with Gasteiger partial charge in [-0.05, 0) is 38.3 Å². The molecule has 1 aromatic rings. The van der Waals surface area contributed by atoms with Crippen LogP contribution in [0.15, 0.2) is 0 Å². The monoisotopic (exact) mass is 305 g/mol. The van der Waals surface area contributed by atoms with Gasteiger partial charge in [-0.3, -0.25) is 0 Å². The molecule has 1 aliphatic rings. The number of ether oxygens (including phenoxy) is 1. The maximum Gasteiger partial charge on any atom is 0.344 e. The number of benzene rings is 1. The van der Waals surface area contributed by atoms with Crippen LogP contribution in [0.4, 0.5) is 17.6 Å². The van der Waals surface area contributed by atoms with Crippen LogP contribution in [0.3, 0.4) is 0 Å². The van der Waals surface area contributed by atoms with Gasteiger partial charge in [-0.2, -0.15) is 0 Å². The van der Waals surface area contributed by atoms with Gasteiger partial charge < -0.3 is 10.1 Å². The summed E-state index contributed by atoms with van der Waals surface area (Å²) >= 11 is 0. The summed E-state index contributed by atoms with van der Waals surface area (Å²) in [6.45, 7) is 1.39. The van der Waals surface area contributed by atoms with Crippen LogP contribution in [0, 0.1) is 29.2 Å². The lowest BCUT2D eigenvalue weighted by molar-refractivity contribution is 0.0586. The van der Waals surface area contributed by atoms with Crippen LogP contribution in [0.2, 0.25) is 0 Å². The van der Waals surface area contributed by atoms with Crippen LogP contribution < -0.4 is 5.32 Å². The van der Waals surface area contributed by atoms with E-state index in [-0.39, 0.29) is 12.3 Å². The summed E-state index contributed by atoms with van der Waals surface area (Å²) in [5, 5.41) is 3.09. The molecule has 0 aliphatic carbocycles. The van der Waals surface area contributed by atoms with Gasteiger partial charge in [0, 0.05) is 5.56 Å². The van der Waals surface area contributed by atoms with Crippen LogP contribution in [0.1, 0.15) is 28.8 Å².